The number of likely N-dealkylation sites (tertiary alicyclic amines) is 1. The molecule has 1 aromatic rings. The summed E-state index contributed by atoms with van der Waals surface area (Å²) in [6.07, 6.45) is 2.23. The Kier molecular flexibility index (Phi) is 5.67. The lowest BCUT2D eigenvalue weighted by Crippen LogP contribution is -2.62. The number of halogens is 2. The Labute approximate surface area is 180 Å². The van der Waals surface area contributed by atoms with Crippen LogP contribution in [0.25, 0.3) is 0 Å². The molecule has 2 fully saturated rings. The fourth-order valence-corrected chi connectivity index (χ4v) is 4.82. The fraction of sp³-hybridized carbons (Fsp3) is 0.500. The summed E-state index contributed by atoms with van der Waals surface area (Å²) >= 11 is 0. The molecule has 0 bridgehead atoms. The van der Waals surface area contributed by atoms with Crippen LogP contribution in [0.5, 0.6) is 0 Å². The van der Waals surface area contributed by atoms with Crippen LogP contribution in [0.2, 0.25) is 0 Å². The maximum atomic E-state index is 14.8. The first-order valence-electron chi connectivity index (χ1n) is 10.5. The molecule has 164 valence electrons. The van der Waals surface area contributed by atoms with E-state index in [1.54, 1.807) is 25.3 Å². The molecule has 3 N–H and O–H groups in total. The third-order valence-electron chi connectivity index (χ3n) is 6.40. The minimum absolute atomic E-state index is 0.102. The van der Waals surface area contributed by atoms with Gasteiger partial charge in [-0.1, -0.05) is 0 Å². The number of anilines is 1. The van der Waals surface area contributed by atoms with Crippen LogP contribution < -0.4 is 16.0 Å². The van der Waals surface area contributed by atoms with Gasteiger partial charge in [0.15, 0.2) is 0 Å². The summed E-state index contributed by atoms with van der Waals surface area (Å²) in [6.45, 7) is 4.82. The molecular weight excluding hydrogens is 402 g/mol. The van der Waals surface area contributed by atoms with Crippen molar-refractivity contribution >= 4 is 11.6 Å². The third-order valence-corrected chi connectivity index (χ3v) is 6.40. The Balaban J connectivity index is 1.58. The number of nitriles is 1. The Morgan fingerprint density at radius 3 is 2.90 bits per heavy atom. The molecule has 4 atom stereocenters. The molecule has 3 aliphatic rings. The number of likely N-dealkylation sites (N-methyl/N-ethyl adjacent to an activating group) is 1. The van der Waals surface area contributed by atoms with Gasteiger partial charge in [-0.25, -0.2) is 13.8 Å². The number of carbonyl (C=O) groups excluding carboxylic acids is 1. The summed E-state index contributed by atoms with van der Waals surface area (Å²) in [5, 5.41) is 18.2. The van der Waals surface area contributed by atoms with Gasteiger partial charge in [0.1, 0.15) is 29.3 Å². The number of hydrogen-bond acceptors (Lipinski definition) is 6. The predicted molar refractivity (Wildman–Crippen MR) is 112 cm³/mol. The van der Waals surface area contributed by atoms with E-state index in [0.717, 1.165) is 0 Å². The maximum Gasteiger partial charge on any atom is 0.245 e. The fourth-order valence-electron chi connectivity index (χ4n) is 4.82. The number of piperidine rings is 1. The molecule has 2 unspecified atom stereocenters. The van der Waals surface area contributed by atoms with Crippen molar-refractivity contribution in [3.8, 4) is 6.07 Å². The van der Waals surface area contributed by atoms with E-state index in [-0.39, 0.29) is 30.7 Å². The zero-order valence-corrected chi connectivity index (χ0v) is 17.6. The van der Waals surface area contributed by atoms with Crippen molar-refractivity contribution in [3.63, 3.8) is 0 Å². The number of hydrogen-bond donors (Lipinski definition) is 3. The van der Waals surface area contributed by atoms with Crippen molar-refractivity contribution in [1.82, 2.24) is 20.5 Å². The van der Waals surface area contributed by atoms with Crippen molar-refractivity contribution in [2.45, 2.75) is 44.4 Å². The number of nitrogens with zero attached hydrogens (tertiary/aromatic N) is 3. The highest BCUT2D eigenvalue weighted by molar-refractivity contribution is 5.92. The molecule has 1 aromatic heterocycles. The van der Waals surface area contributed by atoms with Gasteiger partial charge in [-0.3, -0.25) is 9.69 Å². The molecule has 9 heteroatoms. The Bertz CT molecular complexity index is 969. The van der Waals surface area contributed by atoms with Crippen LogP contribution in [-0.2, 0) is 4.79 Å². The van der Waals surface area contributed by atoms with Gasteiger partial charge in [0.2, 0.25) is 5.91 Å². The number of aromatic nitrogens is 1. The van der Waals surface area contributed by atoms with Crippen molar-refractivity contribution in [2.24, 2.45) is 5.92 Å². The van der Waals surface area contributed by atoms with Crippen LogP contribution >= 0.6 is 0 Å². The molecule has 0 spiro atoms. The molecule has 0 saturated carbocycles. The van der Waals surface area contributed by atoms with E-state index in [4.69, 9.17) is 5.26 Å². The highest BCUT2D eigenvalue weighted by Crippen LogP contribution is 2.44. The van der Waals surface area contributed by atoms with E-state index in [9.17, 15) is 13.6 Å². The molecule has 31 heavy (non-hydrogen) atoms. The molecule has 7 nitrogen and oxygen atoms in total. The van der Waals surface area contributed by atoms with Crippen LogP contribution in [0, 0.1) is 17.2 Å². The van der Waals surface area contributed by atoms with Crippen molar-refractivity contribution < 1.29 is 13.6 Å². The number of rotatable bonds is 5. The Morgan fingerprint density at radius 1 is 1.42 bits per heavy atom. The molecule has 1 amide bonds. The number of allylic oxidation sites excluding steroid dienone is 2. The van der Waals surface area contributed by atoms with Crippen molar-refractivity contribution in [2.75, 3.05) is 25.0 Å². The normalized spacial score (nSPS) is 30.9. The van der Waals surface area contributed by atoms with Crippen LogP contribution in [-0.4, -0.2) is 53.2 Å². The van der Waals surface area contributed by atoms with Gasteiger partial charge in [-0.05, 0) is 32.1 Å². The van der Waals surface area contributed by atoms with E-state index in [1.165, 1.54) is 6.08 Å². The van der Waals surface area contributed by atoms with Gasteiger partial charge in [0, 0.05) is 50.1 Å². The highest BCUT2D eigenvalue weighted by atomic mass is 19.1. The smallest absolute Gasteiger partial charge is 0.245 e. The largest absolute Gasteiger partial charge is 0.384 e. The molecule has 0 aromatic carbocycles. The first-order valence-corrected chi connectivity index (χ1v) is 10.5. The lowest BCUT2D eigenvalue weighted by Gasteiger charge is -2.46. The van der Waals surface area contributed by atoms with Gasteiger partial charge in [-0.2, -0.15) is 5.26 Å². The number of fused-ring (bicyclic) bond motifs is 1. The Hall–Kier alpha value is -2.99. The molecule has 0 radical (unpaired) electrons. The summed E-state index contributed by atoms with van der Waals surface area (Å²) in [7, 11) is 0. The average molecular weight is 428 g/mol. The first-order chi connectivity index (χ1) is 14.8. The van der Waals surface area contributed by atoms with Gasteiger partial charge >= 0.3 is 0 Å². The minimum atomic E-state index is -1.13. The van der Waals surface area contributed by atoms with Gasteiger partial charge in [0.05, 0.1) is 17.6 Å². The molecule has 1 aliphatic carbocycles. The number of alkyl halides is 1. The first kappa shape index (κ1) is 21.2. The van der Waals surface area contributed by atoms with Crippen molar-refractivity contribution in [3.05, 3.63) is 47.3 Å². The minimum Gasteiger partial charge on any atom is -0.384 e. The molecular formula is C22H26F2N6O. The molecule has 2 saturated heterocycles. The predicted octanol–water partition coefficient (Wildman–Crippen LogP) is 2.36. The van der Waals surface area contributed by atoms with E-state index >= 15 is 0 Å². The lowest BCUT2D eigenvalue weighted by molar-refractivity contribution is -0.132. The summed E-state index contributed by atoms with van der Waals surface area (Å²) in [5.41, 5.74) is 1.19. The van der Waals surface area contributed by atoms with Crippen LogP contribution in [0.15, 0.2) is 41.6 Å². The quantitative estimate of drug-likeness (QED) is 0.667. The van der Waals surface area contributed by atoms with E-state index in [0.29, 0.717) is 42.3 Å². The summed E-state index contributed by atoms with van der Waals surface area (Å²) in [4.78, 5) is 19.0. The van der Waals surface area contributed by atoms with Crippen LogP contribution in [0.1, 0.15) is 32.4 Å². The maximum absolute atomic E-state index is 14.8. The Morgan fingerprint density at radius 2 is 2.23 bits per heavy atom. The average Bonchev–Trinajstić information content (AvgIpc) is 3.00. The zero-order chi connectivity index (χ0) is 22.2. The summed E-state index contributed by atoms with van der Waals surface area (Å²) in [6, 6.07) is 5.03. The van der Waals surface area contributed by atoms with Gasteiger partial charge in [-0.15, -0.1) is 0 Å². The van der Waals surface area contributed by atoms with Crippen LogP contribution in [0.4, 0.5) is 14.5 Å². The summed E-state index contributed by atoms with van der Waals surface area (Å²) in [5.74, 6) is -0.944. The second kappa shape index (κ2) is 8.27. The summed E-state index contributed by atoms with van der Waals surface area (Å²) < 4.78 is 29.2. The number of carbonyl (C=O) groups is 1. The van der Waals surface area contributed by atoms with E-state index in [2.05, 4.69) is 20.9 Å². The SMILES string of the molecule is CCNC1=C2NC(=O)C(C)(N3C[C@@H](F)C[C@@H](Nc4ccc(C#N)nc4)C3)C2CC(F)=C1. The standard InChI is InChI=1S/C22H26F2N6O/c1-3-26-19-8-13(23)7-18-20(19)29-21(31)22(18,2)30-11-14(24)6-17(12-30)28-16-5-4-15(9-25)27-10-16/h4-5,8,10,14,17-18,26,28H,3,6-7,11-12H2,1-2H3,(H,29,31)/t14-,17+,18?,22?/m0/s1. The second-order valence-electron chi connectivity index (χ2n) is 8.43. The number of amides is 1. The van der Waals surface area contributed by atoms with Gasteiger partial charge in [0.25, 0.3) is 0 Å². The van der Waals surface area contributed by atoms with Gasteiger partial charge < -0.3 is 16.0 Å². The molecule has 3 heterocycles. The second-order valence-corrected chi connectivity index (χ2v) is 8.43. The number of nitrogens with one attached hydrogen (secondary N) is 3. The van der Waals surface area contributed by atoms with E-state index in [1.807, 2.05) is 17.9 Å². The molecule has 4 rings (SSSR count). The topological polar surface area (TPSA) is 93.1 Å². The highest BCUT2D eigenvalue weighted by Gasteiger charge is 2.56. The lowest BCUT2D eigenvalue weighted by atomic mass is 9.78. The molecule has 2 aliphatic heterocycles. The zero-order valence-electron chi connectivity index (χ0n) is 17.6. The van der Waals surface area contributed by atoms with Crippen LogP contribution in [0.3, 0.4) is 0 Å². The third kappa shape index (κ3) is 3.88. The number of pyridine rings is 1. The van der Waals surface area contributed by atoms with E-state index < -0.39 is 17.6 Å². The van der Waals surface area contributed by atoms with Crippen molar-refractivity contribution in [1.29, 1.82) is 5.26 Å². The monoisotopic (exact) mass is 428 g/mol.